The molecule has 0 radical (unpaired) electrons. The zero-order valence-electron chi connectivity index (χ0n) is 38.8. The van der Waals surface area contributed by atoms with Crippen LogP contribution in [0.3, 0.4) is 0 Å². The lowest BCUT2D eigenvalue weighted by Crippen LogP contribution is -2.30. The highest BCUT2D eigenvalue weighted by Crippen LogP contribution is 2.17. The van der Waals surface area contributed by atoms with Crippen molar-refractivity contribution in [1.29, 1.82) is 0 Å². The zero-order valence-corrected chi connectivity index (χ0v) is 38.8. The topological polar surface area (TPSA) is 78.9 Å². The summed E-state index contributed by atoms with van der Waals surface area (Å²) in [5.41, 5.74) is 0. The second-order valence-electron chi connectivity index (χ2n) is 17.9. The van der Waals surface area contributed by atoms with E-state index < -0.39 is 6.10 Å². The number of hydrogen-bond donors (Lipinski definition) is 0. The van der Waals surface area contributed by atoms with Crippen LogP contribution in [0.2, 0.25) is 0 Å². The first-order valence-electron chi connectivity index (χ1n) is 25.4. The number of carbonyl (C=O) groups excluding carboxylic acids is 3. The summed E-state index contributed by atoms with van der Waals surface area (Å²) in [6, 6.07) is 0. The van der Waals surface area contributed by atoms with E-state index in [0.717, 1.165) is 63.7 Å². The molecule has 6 nitrogen and oxygen atoms in total. The van der Waals surface area contributed by atoms with Gasteiger partial charge in [0, 0.05) is 19.3 Å². The Bertz CT molecular complexity index is 857. The number of ether oxygens (including phenoxy) is 3. The van der Waals surface area contributed by atoms with Gasteiger partial charge in [0.05, 0.1) is 0 Å². The van der Waals surface area contributed by atoms with Gasteiger partial charge in [0.2, 0.25) is 0 Å². The van der Waals surface area contributed by atoms with Crippen LogP contribution >= 0.6 is 0 Å². The van der Waals surface area contributed by atoms with Crippen molar-refractivity contribution in [3.8, 4) is 0 Å². The molecular formula is C51H98O6. The van der Waals surface area contributed by atoms with E-state index in [1.54, 1.807) is 0 Å². The van der Waals surface area contributed by atoms with Gasteiger partial charge in [0.1, 0.15) is 13.2 Å². The fourth-order valence-electron chi connectivity index (χ4n) is 7.69. The SMILES string of the molecule is CCCCCCCCCCCCCCCC(=O)OC[C@@H](COC(=O)CCCCCCCCCCCCCCCC(C)C)OC(=O)CCCCCCCCCCCC. The van der Waals surface area contributed by atoms with Crippen molar-refractivity contribution in [3.05, 3.63) is 0 Å². The van der Waals surface area contributed by atoms with Crippen molar-refractivity contribution in [2.45, 2.75) is 291 Å². The van der Waals surface area contributed by atoms with Crippen LogP contribution in [-0.4, -0.2) is 37.2 Å². The van der Waals surface area contributed by atoms with Crippen LogP contribution in [0.5, 0.6) is 0 Å². The lowest BCUT2D eigenvalue weighted by atomic mass is 10.0. The van der Waals surface area contributed by atoms with Crippen LogP contribution < -0.4 is 0 Å². The number of unbranched alkanes of at least 4 members (excludes halogenated alkanes) is 33. The van der Waals surface area contributed by atoms with E-state index in [0.29, 0.717) is 19.3 Å². The summed E-state index contributed by atoms with van der Waals surface area (Å²) in [7, 11) is 0. The van der Waals surface area contributed by atoms with E-state index in [1.807, 2.05) is 0 Å². The molecule has 0 spiro atoms. The Labute approximate surface area is 355 Å². The van der Waals surface area contributed by atoms with Crippen molar-refractivity contribution in [2.75, 3.05) is 13.2 Å². The first-order chi connectivity index (χ1) is 27.9. The maximum Gasteiger partial charge on any atom is 0.306 e. The van der Waals surface area contributed by atoms with E-state index in [-0.39, 0.29) is 31.1 Å². The Hall–Kier alpha value is -1.59. The second-order valence-corrected chi connectivity index (χ2v) is 17.9. The van der Waals surface area contributed by atoms with Crippen molar-refractivity contribution >= 4 is 17.9 Å². The molecule has 0 saturated heterocycles. The summed E-state index contributed by atoms with van der Waals surface area (Å²) < 4.78 is 16.8. The fourth-order valence-corrected chi connectivity index (χ4v) is 7.69. The number of hydrogen-bond acceptors (Lipinski definition) is 6. The van der Waals surface area contributed by atoms with Crippen molar-refractivity contribution in [1.82, 2.24) is 0 Å². The minimum Gasteiger partial charge on any atom is -0.462 e. The molecule has 0 aliphatic rings. The van der Waals surface area contributed by atoms with Crippen LogP contribution in [0.15, 0.2) is 0 Å². The quantitative estimate of drug-likeness (QED) is 0.0346. The van der Waals surface area contributed by atoms with E-state index in [9.17, 15) is 14.4 Å². The van der Waals surface area contributed by atoms with Crippen LogP contribution in [0.1, 0.15) is 285 Å². The first kappa shape index (κ1) is 55.4. The highest BCUT2D eigenvalue weighted by atomic mass is 16.6. The summed E-state index contributed by atoms with van der Waals surface area (Å²) in [5, 5.41) is 0. The highest BCUT2D eigenvalue weighted by Gasteiger charge is 2.19. The molecule has 0 heterocycles. The third-order valence-electron chi connectivity index (χ3n) is 11.5. The van der Waals surface area contributed by atoms with E-state index in [1.165, 1.54) is 180 Å². The van der Waals surface area contributed by atoms with Gasteiger partial charge in [-0.3, -0.25) is 14.4 Å². The predicted molar refractivity (Wildman–Crippen MR) is 243 cm³/mol. The molecule has 1 atom stereocenters. The minimum atomic E-state index is -0.759. The smallest absolute Gasteiger partial charge is 0.306 e. The third kappa shape index (κ3) is 45.3. The number of rotatable bonds is 46. The van der Waals surface area contributed by atoms with Crippen LogP contribution in [0, 0.1) is 5.92 Å². The molecule has 0 bridgehead atoms. The van der Waals surface area contributed by atoms with Crippen LogP contribution in [0.25, 0.3) is 0 Å². The third-order valence-corrected chi connectivity index (χ3v) is 11.5. The summed E-state index contributed by atoms with van der Waals surface area (Å²) in [4.78, 5) is 37.8. The van der Waals surface area contributed by atoms with Crippen molar-refractivity contribution in [2.24, 2.45) is 5.92 Å². The summed E-state index contributed by atoms with van der Waals surface area (Å²) >= 11 is 0. The van der Waals surface area contributed by atoms with Gasteiger partial charge < -0.3 is 14.2 Å². The van der Waals surface area contributed by atoms with Crippen molar-refractivity contribution in [3.63, 3.8) is 0 Å². The predicted octanol–water partition coefficient (Wildman–Crippen LogP) is 16.3. The lowest BCUT2D eigenvalue weighted by molar-refractivity contribution is -0.167. The zero-order chi connectivity index (χ0) is 41.7. The molecule has 338 valence electrons. The largest absolute Gasteiger partial charge is 0.462 e. The molecule has 0 saturated carbocycles. The van der Waals surface area contributed by atoms with Gasteiger partial charge in [-0.2, -0.15) is 0 Å². The molecule has 0 amide bonds. The molecule has 0 aliphatic carbocycles. The second kappa shape index (κ2) is 45.5. The molecule has 57 heavy (non-hydrogen) atoms. The molecule has 0 N–H and O–H groups in total. The fraction of sp³-hybridized carbons (Fsp3) is 0.941. The first-order valence-corrected chi connectivity index (χ1v) is 25.4. The van der Waals surface area contributed by atoms with Crippen molar-refractivity contribution < 1.29 is 28.6 Å². The molecule has 0 unspecified atom stereocenters. The van der Waals surface area contributed by atoms with Gasteiger partial charge in [-0.15, -0.1) is 0 Å². The Morgan fingerprint density at radius 3 is 0.860 bits per heavy atom. The molecule has 6 heteroatoms. The van der Waals surface area contributed by atoms with Gasteiger partial charge in [0.25, 0.3) is 0 Å². The van der Waals surface area contributed by atoms with E-state index >= 15 is 0 Å². The van der Waals surface area contributed by atoms with E-state index in [4.69, 9.17) is 14.2 Å². The molecule has 0 aromatic carbocycles. The standard InChI is InChI=1S/C51H98O6/c1-5-7-9-11-13-15-17-19-23-27-30-34-38-42-49(52)55-45-48(57-51(54)44-40-36-32-26-16-14-12-10-8-6-2)46-56-50(53)43-39-35-31-28-24-21-18-20-22-25-29-33-37-41-47(3)4/h47-48H,5-46H2,1-4H3/t48-/m0/s1. The Balaban J connectivity index is 4.27. The molecular weight excluding hydrogens is 709 g/mol. The van der Waals surface area contributed by atoms with E-state index in [2.05, 4.69) is 27.7 Å². The Morgan fingerprint density at radius 2 is 0.579 bits per heavy atom. The van der Waals surface area contributed by atoms with Crippen LogP contribution in [-0.2, 0) is 28.6 Å². The normalized spacial score (nSPS) is 11.9. The molecule has 0 aliphatic heterocycles. The average Bonchev–Trinajstić information content (AvgIpc) is 3.19. The average molecular weight is 807 g/mol. The summed E-state index contributed by atoms with van der Waals surface area (Å²) in [6.07, 6.45) is 46.5. The minimum absolute atomic E-state index is 0.0629. The molecule has 0 fully saturated rings. The summed E-state index contributed by atoms with van der Waals surface area (Å²) in [6.45, 7) is 9.02. The van der Waals surface area contributed by atoms with Gasteiger partial charge in [-0.1, -0.05) is 246 Å². The maximum atomic E-state index is 12.7. The summed E-state index contributed by atoms with van der Waals surface area (Å²) in [5.74, 6) is -0.00708. The maximum absolute atomic E-state index is 12.7. The van der Waals surface area contributed by atoms with Gasteiger partial charge in [-0.25, -0.2) is 0 Å². The van der Waals surface area contributed by atoms with Gasteiger partial charge >= 0.3 is 17.9 Å². The molecule has 0 aromatic heterocycles. The highest BCUT2D eigenvalue weighted by molar-refractivity contribution is 5.71. The molecule has 0 aromatic rings. The Morgan fingerprint density at radius 1 is 0.333 bits per heavy atom. The number of carbonyl (C=O) groups is 3. The number of esters is 3. The van der Waals surface area contributed by atoms with Crippen LogP contribution in [0.4, 0.5) is 0 Å². The monoisotopic (exact) mass is 807 g/mol. The lowest BCUT2D eigenvalue weighted by Gasteiger charge is -2.18. The van der Waals surface area contributed by atoms with Gasteiger partial charge in [0.15, 0.2) is 6.10 Å². The molecule has 0 rings (SSSR count). The van der Waals surface area contributed by atoms with Gasteiger partial charge in [-0.05, 0) is 25.2 Å². The Kier molecular flexibility index (Phi) is 44.2.